The van der Waals surface area contributed by atoms with Gasteiger partial charge in [-0.2, -0.15) is 10.4 Å². The van der Waals surface area contributed by atoms with Gasteiger partial charge < -0.3 is 4.90 Å². The number of hydrogen-bond acceptors (Lipinski definition) is 4. The van der Waals surface area contributed by atoms with Gasteiger partial charge in [-0.15, -0.1) is 0 Å². The van der Waals surface area contributed by atoms with Crippen molar-refractivity contribution in [1.82, 2.24) is 4.90 Å². The van der Waals surface area contributed by atoms with Crippen molar-refractivity contribution in [2.24, 2.45) is 5.10 Å². The molecule has 6 heteroatoms. The second-order valence-corrected chi connectivity index (χ2v) is 4.96. The fourth-order valence-electron chi connectivity index (χ4n) is 1.80. The highest BCUT2D eigenvalue weighted by atomic mass is 35.5. The Labute approximate surface area is 130 Å². The first-order valence-electron chi connectivity index (χ1n) is 6.95. The van der Waals surface area contributed by atoms with Crippen LogP contribution in [0.2, 0.25) is 5.02 Å². The van der Waals surface area contributed by atoms with Crippen molar-refractivity contribution >= 4 is 28.8 Å². The summed E-state index contributed by atoms with van der Waals surface area (Å²) in [5.41, 5.74) is 3.58. The van der Waals surface area contributed by atoms with E-state index in [2.05, 4.69) is 10.5 Å². The van der Waals surface area contributed by atoms with Crippen LogP contribution in [-0.2, 0) is 0 Å². The van der Waals surface area contributed by atoms with Gasteiger partial charge in [-0.25, -0.2) is 0 Å². The van der Waals surface area contributed by atoms with Crippen LogP contribution in [0.1, 0.15) is 26.7 Å². The first-order valence-corrected chi connectivity index (χ1v) is 7.33. The molecular weight excluding hydrogens is 286 g/mol. The number of benzene rings is 1. The molecule has 5 nitrogen and oxygen atoms in total. The molecule has 0 aromatic heterocycles. The van der Waals surface area contributed by atoms with E-state index in [1.54, 1.807) is 24.3 Å². The Hall–Kier alpha value is -2.06. The van der Waals surface area contributed by atoms with Crippen LogP contribution in [0.5, 0.6) is 0 Å². The van der Waals surface area contributed by atoms with E-state index in [0.717, 1.165) is 31.6 Å². The number of amidine groups is 1. The van der Waals surface area contributed by atoms with E-state index in [4.69, 9.17) is 17.0 Å². The number of nitrogens with one attached hydrogen (secondary N) is 2. The molecule has 21 heavy (non-hydrogen) atoms. The lowest BCUT2D eigenvalue weighted by Crippen LogP contribution is -2.37. The molecule has 0 saturated heterocycles. The van der Waals surface area contributed by atoms with Crippen LogP contribution in [0.4, 0.5) is 5.69 Å². The number of rotatable bonds is 7. The van der Waals surface area contributed by atoms with Gasteiger partial charge in [0.15, 0.2) is 5.84 Å². The van der Waals surface area contributed by atoms with Crippen LogP contribution < -0.4 is 5.43 Å². The highest BCUT2D eigenvalue weighted by Crippen LogP contribution is 2.13. The highest BCUT2D eigenvalue weighted by Gasteiger charge is 2.14. The molecule has 1 aromatic carbocycles. The van der Waals surface area contributed by atoms with Crippen LogP contribution in [0.3, 0.4) is 0 Å². The molecule has 0 aliphatic rings. The van der Waals surface area contributed by atoms with Gasteiger partial charge in [0.2, 0.25) is 5.71 Å². The average molecular weight is 306 g/mol. The zero-order valence-corrected chi connectivity index (χ0v) is 13.1. The lowest BCUT2D eigenvalue weighted by atomic mass is 10.3. The Morgan fingerprint density at radius 2 is 1.86 bits per heavy atom. The summed E-state index contributed by atoms with van der Waals surface area (Å²) in [7, 11) is 0. The fourth-order valence-corrected chi connectivity index (χ4v) is 1.93. The third-order valence-corrected chi connectivity index (χ3v) is 3.03. The molecule has 0 atom stereocenters. The lowest BCUT2D eigenvalue weighted by Gasteiger charge is -2.22. The third-order valence-electron chi connectivity index (χ3n) is 2.77. The fraction of sp³-hybridized carbons (Fsp3) is 0.400. The maximum absolute atomic E-state index is 9.19. The van der Waals surface area contributed by atoms with Crippen LogP contribution in [-0.4, -0.2) is 29.5 Å². The van der Waals surface area contributed by atoms with E-state index in [-0.39, 0.29) is 11.5 Å². The second-order valence-electron chi connectivity index (χ2n) is 4.53. The smallest absolute Gasteiger partial charge is 0.202 e. The number of halogens is 1. The predicted molar refractivity (Wildman–Crippen MR) is 88.0 cm³/mol. The maximum atomic E-state index is 9.19. The van der Waals surface area contributed by atoms with Gasteiger partial charge >= 0.3 is 0 Å². The molecule has 0 saturated carbocycles. The monoisotopic (exact) mass is 305 g/mol. The minimum absolute atomic E-state index is 0.0758. The summed E-state index contributed by atoms with van der Waals surface area (Å²) < 4.78 is 0. The molecule has 0 fully saturated rings. The predicted octanol–water partition coefficient (Wildman–Crippen LogP) is 3.73. The van der Waals surface area contributed by atoms with E-state index in [0.29, 0.717) is 5.02 Å². The quantitative estimate of drug-likeness (QED) is 0.458. The van der Waals surface area contributed by atoms with Crippen LogP contribution in [0, 0.1) is 16.7 Å². The molecule has 112 valence electrons. The molecule has 0 radical (unpaired) electrons. The number of hydrogen-bond donors (Lipinski definition) is 2. The van der Waals surface area contributed by atoms with Crippen LogP contribution >= 0.6 is 11.6 Å². The van der Waals surface area contributed by atoms with Gasteiger partial charge in [-0.1, -0.05) is 25.4 Å². The maximum Gasteiger partial charge on any atom is 0.202 e. The summed E-state index contributed by atoms with van der Waals surface area (Å²) in [6, 6.07) is 8.97. The molecule has 1 rings (SSSR count). The van der Waals surface area contributed by atoms with E-state index in [1.165, 1.54) is 0 Å². The van der Waals surface area contributed by atoms with Crippen molar-refractivity contribution in [3.8, 4) is 6.07 Å². The summed E-state index contributed by atoms with van der Waals surface area (Å²) >= 11 is 5.81. The Bertz CT molecular complexity index is 524. The molecular formula is C15H20ClN5. The van der Waals surface area contributed by atoms with Crippen molar-refractivity contribution in [3.63, 3.8) is 0 Å². The third kappa shape index (κ3) is 5.44. The first-order chi connectivity index (χ1) is 10.1. The van der Waals surface area contributed by atoms with Crippen LogP contribution in [0.15, 0.2) is 29.4 Å². The largest absolute Gasteiger partial charge is 0.355 e. The zero-order valence-electron chi connectivity index (χ0n) is 12.4. The van der Waals surface area contributed by atoms with Gasteiger partial charge in [-0.05, 0) is 37.1 Å². The van der Waals surface area contributed by atoms with Crippen molar-refractivity contribution in [2.75, 3.05) is 18.5 Å². The molecule has 0 unspecified atom stereocenters. The van der Waals surface area contributed by atoms with E-state index in [1.807, 2.05) is 24.8 Å². The van der Waals surface area contributed by atoms with Gasteiger partial charge in [-0.3, -0.25) is 10.8 Å². The van der Waals surface area contributed by atoms with Crippen molar-refractivity contribution in [1.29, 1.82) is 10.7 Å². The molecule has 0 heterocycles. The Morgan fingerprint density at radius 3 is 2.33 bits per heavy atom. The SMILES string of the molecule is CCCN(CCC)C(=N)C(C#N)=NNc1ccc(Cl)cc1. The summed E-state index contributed by atoms with van der Waals surface area (Å²) in [4.78, 5) is 1.87. The summed E-state index contributed by atoms with van der Waals surface area (Å²) in [6.45, 7) is 5.58. The van der Waals surface area contributed by atoms with E-state index < -0.39 is 0 Å². The van der Waals surface area contributed by atoms with Crippen molar-refractivity contribution < 1.29 is 0 Å². The topological polar surface area (TPSA) is 75.3 Å². The van der Waals surface area contributed by atoms with Gasteiger partial charge in [0, 0.05) is 18.1 Å². The summed E-state index contributed by atoms with van der Waals surface area (Å²) in [5.74, 6) is 0.155. The van der Waals surface area contributed by atoms with E-state index in [9.17, 15) is 5.26 Å². The highest BCUT2D eigenvalue weighted by molar-refractivity contribution is 6.46. The van der Waals surface area contributed by atoms with Crippen LogP contribution in [0.25, 0.3) is 0 Å². The number of nitrogens with zero attached hydrogens (tertiary/aromatic N) is 3. The summed E-state index contributed by atoms with van der Waals surface area (Å²) in [5, 5.41) is 22.0. The van der Waals surface area contributed by atoms with E-state index >= 15 is 0 Å². The van der Waals surface area contributed by atoms with Crippen molar-refractivity contribution in [3.05, 3.63) is 29.3 Å². The molecule has 0 aliphatic carbocycles. The van der Waals surface area contributed by atoms with Crippen molar-refractivity contribution in [2.45, 2.75) is 26.7 Å². The standard InChI is InChI=1S/C15H20ClN5/c1-3-9-21(10-4-2)15(18)14(11-17)20-19-13-7-5-12(16)6-8-13/h5-8,18-19H,3-4,9-10H2,1-2H3. The molecule has 0 spiro atoms. The summed E-state index contributed by atoms with van der Waals surface area (Å²) in [6.07, 6.45) is 1.84. The number of anilines is 1. The zero-order chi connectivity index (χ0) is 15.7. The molecule has 0 bridgehead atoms. The first kappa shape index (κ1) is 17.0. The van der Waals surface area contributed by atoms with Gasteiger partial charge in [0.25, 0.3) is 0 Å². The average Bonchev–Trinajstić information content (AvgIpc) is 2.49. The Morgan fingerprint density at radius 1 is 1.29 bits per heavy atom. The molecule has 2 N–H and O–H groups in total. The molecule has 0 amide bonds. The van der Waals surface area contributed by atoms with Gasteiger partial charge in [0.1, 0.15) is 6.07 Å². The minimum Gasteiger partial charge on any atom is -0.355 e. The normalized spacial score (nSPS) is 10.9. The van der Waals surface area contributed by atoms with Gasteiger partial charge in [0.05, 0.1) is 5.69 Å². The number of nitriles is 1. The minimum atomic E-state index is 0.0758. The Balaban J connectivity index is 2.80. The lowest BCUT2D eigenvalue weighted by molar-refractivity contribution is 0.419. The molecule has 0 aliphatic heterocycles. The second kappa shape index (κ2) is 8.98. The molecule has 1 aromatic rings. The Kier molecular flexibility index (Phi) is 7.27. The number of hydrazone groups is 1.